The number of nitrogens with one attached hydrogen (secondary N) is 2. The third-order valence-corrected chi connectivity index (χ3v) is 5.94. The second-order valence-corrected chi connectivity index (χ2v) is 10.6. The molecule has 3 rings (SSSR count). The fraction of sp³-hybridized carbons (Fsp3) is 0.348. The van der Waals surface area contributed by atoms with Crippen LogP contribution in [0.25, 0.3) is 0 Å². The standard InChI is InChI=1S/C23H28BrFN11O4/c1-33(2)14-7-8-17(31-32-20-16(24)11-15(34(37)38)13-19(20)35(39)40)18(12-14)27-23-29-21(25)28-22(30-23)26-9-6-10-36(3,4)5/h7-8,11-13H,6,9-10H2,1-5H3,(H2,26,27,28,29,30)/q+1. The van der Waals surface area contributed by atoms with E-state index in [-0.39, 0.29) is 27.7 Å². The summed E-state index contributed by atoms with van der Waals surface area (Å²) in [5.74, 6) is -0.0507. The fourth-order valence-corrected chi connectivity index (χ4v) is 3.88. The molecule has 0 aliphatic heterocycles. The first-order valence-corrected chi connectivity index (χ1v) is 12.6. The summed E-state index contributed by atoms with van der Waals surface area (Å²) in [6.45, 7) is 1.41. The highest BCUT2D eigenvalue weighted by molar-refractivity contribution is 9.10. The molecule has 1 heterocycles. The number of nitro groups is 2. The van der Waals surface area contributed by atoms with Crippen molar-refractivity contribution in [3.05, 3.63) is 61.1 Å². The van der Waals surface area contributed by atoms with Gasteiger partial charge in [0.15, 0.2) is 5.69 Å². The number of quaternary nitrogens is 1. The highest BCUT2D eigenvalue weighted by Gasteiger charge is 2.23. The summed E-state index contributed by atoms with van der Waals surface area (Å²) in [7, 11) is 9.84. The summed E-state index contributed by atoms with van der Waals surface area (Å²) >= 11 is 3.10. The van der Waals surface area contributed by atoms with Crippen LogP contribution in [0.2, 0.25) is 0 Å². The average molecular weight is 621 g/mol. The summed E-state index contributed by atoms with van der Waals surface area (Å²) in [4.78, 5) is 34.6. The van der Waals surface area contributed by atoms with E-state index in [2.05, 4.69) is 72.9 Å². The molecule has 0 radical (unpaired) electrons. The van der Waals surface area contributed by atoms with Gasteiger partial charge in [0.25, 0.3) is 5.69 Å². The quantitative estimate of drug-likeness (QED) is 0.0884. The molecule has 2 aromatic carbocycles. The van der Waals surface area contributed by atoms with Crippen molar-refractivity contribution in [1.29, 1.82) is 0 Å². The smallest absolute Gasteiger partial charge is 0.315 e. The van der Waals surface area contributed by atoms with Crippen molar-refractivity contribution < 1.29 is 18.7 Å². The molecule has 40 heavy (non-hydrogen) atoms. The van der Waals surface area contributed by atoms with E-state index in [9.17, 15) is 24.6 Å². The van der Waals surface area contributed by atoms with Gasteiger partial charge in [-0.05, 0) is 34.1 Å². The van der Waals surface area contributed by atoms with E-state index in [0.29, 0.717) is 12.2 Å². The van der Waals surface area contributed by atoms with Gasteiger partial charge < -0.3 is 20.0 Å². The maximum Gasteiger partial charge on any atom is 0.315 e. The van der Waals surface area contributed by atoms with E-state index in [1.807, 2.05) is 19.0 Å². The predicted octanol–water partition coefficient (Wildman–Crippen LogP) is 5.32. The van der Waals surface area contributed by atoms with E-state index in [4.69, 9.17) is 0 Å². The van der Waals surface area contributed by atoms with Crippen molar-refractivity contribution in [1.82, 2.24) is 15.0 Å². The first kappa shape index (κ1) is 30.2. The molecular formula is C23H28BrFN11O4+. The Balaban J connectivity index is 1.95. The summed E-state index contributed by atoms with van der Waals surface area (Å²) in [6.07, 6.45) is -0.191. The number of rotatable bonds is 12. The molecule has 0 amide bonds. The second-order valence-electron chi connectivity index (χ2n) is 9.78. The summed E-state index contributed by atoms with van der Waals surface area (Å²) in [5.41, 5.74) is -0.0266. The SMILES string of the molecule is CN(C)c1ccc(N=Nc2c(Br)cc([N+](=O)[O-])cc2[N+](=O)[O-])c(Nc2nc(F)nc(NCCC[N+](C)(C)C)n2)c1. The minimum atomic E-state index is -0.996. The molecule has 1 aromatic heterocycles. The molecule has 17 heteroatoms. The number of nitrogens with zero attached hydrogens (tertiary/aromatic N) is 9. The molecule has 2 N–H and O–H groups in total. The van der Waals surface area contributed by atoms with Crippen LogP contribution in [0.15, 0.2) is 45.0 Å². The van der Waals surface area contributed by atoms with Crippen LogP contribution < -0.4 is 15.5 Å². The van der Waals surface area contributed by atoms with E-state index in [1.54, 1.807) is 18.2 Å². The Morgan fingerprint density at radius 1 is 1.02 bits per heavy atom. The lowest BCUT2D eigenvalue weighted by molar-refractivity contribution is -0.870. The molecule has 212 valence electrons. The number of anilines is 4. The first-order valence-electron chi connectivity index (χ1n) is 11.8. The van der Waals surface area contributed by atoms with Crippen molar-refractivity contribution in [3.8, 4) is 0 Å². The molecule has 0 aliphatic rings. The van der Waals surface area contributed by atoms with Crippen molar-refractivity contribution in [2.24, 2.45) is 10.2 Å². The Labute approximate surface area is 237 Å². The zero-order chi connectivity index (χ0) is 29.6. The number of hydrogen-bond acceptors (Lipinski definition) is 12. The highest BCUT2D eigenvalue weighted by atomic mass is 79.9. The van der Waals surface area contributed by atoms with Crippen LogP contribution in [0.5, 0.6) is 0 Å². The fourth-order valence-electron chi connectivity index (χ4n) is 3.37. The van der Waals surface area contributed by atoms with Gasteiger partial charge in [-0.2, -0.15) is 19.3 Å². The van der Waals surface area contributed by atoms with Gasteiger partial charge in [0, 0.05) is 38.8 Å². The molecule has 3 aromatic rings. The number of halogens is 2. The van der Waals surface area contributed by atoms with Gasteiger partial charge >= 0.3 is 11.8 Å². The van der Waals surface area contributed by atoms with Crippen LogP contribution in [0.4, 0.5) is 50.4 Å². The van der Waals surface area contributed by atoms with Crippen molar-refractivity contribution in [2.45, 2.75) is 6.42 Å². The highest BCUT2D eigenvalue weighted by Crippen LogP contribution is 2.41. The summed E-state index contributed by atoms with van der Waals surface area (Å²) < 4.78 is 15.0. The monoisotopic (exact) mass is 620 g/mol. The van der Waals surface area contributed by atoms with Gasteiger partial charge in [0.2, 0.25) is 11.9 Å². The van der Waals surface area contributed by atoms with Crippen molar-refractivity contribution in [3.63, 3.8) is 0 Å². The molecular weight excluding hydrogens is 593 g/mol. The molecule has 0 aliphatic carbocycles. The molecule has 15 nitrogen and oxygen atoms in total. The topological polar surface area (TPSA) is 177 Å². The molecule has 0 fully saturated rings. The lowest BCUT2D eigenvalue weighted by Gasteiger charge is -2.23. The van der Waals surface area contributed by atoms with E-state index >= 15 is 0 Å². The summed E-state index contributed by atoms with van der Waals surface area (Å²) in [6, 6.07) is 6.90. The predicted molar refractivity (Wildman–Crippen MR) is 151 cm³/mol. The van der Waals surface area contributed by atoms with Gasteiger partial charge in [-0.15, -0.1) is 10.2 Å². The van der Waals surface area contributed by atoms with Gasteiger partial charge in [0.05, 0.1) is 53.8 Å². The van der Waals surface area contributed by atoms with Gasteiger partial charge in [-0.25, -0.2) is 0 Å². The van der Waals surface area contributed by atoms with Crippen LogP contribution >= 0.6 is 15.9 Å². The van der Waals surface area contributed by atoms with Crippen molar-refractivity contribution >= 4 is 62.0 Å². The molecule has 0 saturated carbocycles. The Morgan fingerprint density at radius 2 is 1.73 bits per heavy atom. The van der Waals surface area contributed by atoms with Crippen LogP contribution in [0.3, 0.4) is 0 Å². The van der Waals surface area contributed by atoms with Gasteiger partial charge in [-0.1, -0.05) is 0 Å². The number of azo groups is 1. The van der Waals surface area contributed by atoms with E-state index in [1.165, 1.54) is 0 Å². The number of aromatic nitrogens is 3. The largest absolute Gasteiger partial charge is 0.378 e. The van der Waals surface area contributed by atoms with E-state index < -0.39 is 27.3 Å². The Bertz CT molecular complexity index is 1450. The van der Waals surface area contributed by atoms with Gasteiger partial charge in [-0.3, -0.25) is 20.2 Å². The minimum absolute atomic E-state index is 0.0112. The maximum atomic E-state index is 14.2. The molecule has 0 saturated heterocycles. The first-order chi connectivity index (χ1) is 18.7. The van der Waals surface area contributed by atoms with Crippen LogP contribution in [-0.4, -0.2) is 77.6 Å². The number of non-ortho nitro benzene ring substituents is 1. The Kier molecular flexibility index (Phi) is 9.54. The van der Waals surface area contributed by atoms with Crippen molar-refractivity contribution in [2.75, 3.05) is 63.9 Å². The van der Waals surface area contributed by atoms with E-state index in [0.717, 1.165) is 35.3 Å². The summed E-state index contributed by atoms with van der Waals surface area (Å²) in [5, 5.41) is 36.7. The molecule has 0 spiro atoms. The van der Waals surface area contributed by atoms with Gasteiger partial charge in [0.1, 0.15) is 5.69 Å². The maximum absolute atomic E-state index is 14.2. The lowest BCUT2D eigenvalue weighted by atomic mass is 10.2. The number of benzene rings is 2. The molecule has 0 atom stereocenters. The normalized spacial score (nSPS) is 11.5. The third kappa shape index (κ3) is 8.31. The third-order valence-electron chi connectivity index (χ3n) is 5.33. The van der Waals surface area contributed by atoms with Crippen LogP contribution in [-0.2, 0) is 0 Å². The Morgan fingerprint density at radius 3 is 2.35 bits per heavy atom. The average Bonchev–Trinajstić information content (AvgIpc) is 2.85. The molecule has 0 unspecified atom stereocenters. The lowest BCUT2D eigenvalue weighted by Crippen LogP contribution is -2.36. The van der Waals surface area contributed by atoms with Crippen LogP contribution in [0.1, 0.15) is 6.42 Å². The number of nitro benzene ring substituents is 2. The zero-order valence-electron chi connectivity index (χ0n) is 22.4. The van der Waals surface area contributed by atoms with Crippen LogP contribution in [0, 0.1) is 26.3 Å². The number of hydrogen-bond donors (Lipinski definition) is 2. The zero-order valence-corrected chi connectivity index (χ0v) is 24.0. The minimum Gasteiger partial charge on any atom is -0.378 e. The Hall–Kier alpha value is -4.38. The second kappa shape index (κ2) is 12.6. The molecule has 0 bridgehead atoms.